The van der Waals surface area contributed by atoms with Crippen LogP contribution in [0.15, 0.2) is 47.1 Å². The highest BCUT2D eigenvalue weighted by Crippen LogP contribution is 2.29. The maximum Gasteiger partial charge on any atom is 0.416 e. The third kappa shape index (κ3) is 4.35. The third-order valence-electron chi connectivity index (χ3n) is 2.97. The number of alkyl halides is 3. The SMILES string of the molecule is CC(NC(=O)c1ccco1)C(=O)Nc1ccc(C(F)(F)F)cc1. The van der Waals surface area contributed by atoms with Crippen molar-refractivity contribution in [3.8, 4) is 0 Å². The summed E-state index contributed by atoms with van der Waals surface area (Å²) in [4.78, 5) is 23.6. The van der Waals surface area contributed by atoms with Crippen molar-refractivity contribution in [1.29, 1.82) is 0 Å². The summed E-state index contributed by atoms with van der Waals surface area (Å²) in [5.74, 6) is -1.08. The molecule has 0 saturated heterocycles. The number of rotatable bonds is 4. The van der Waals surface area contributed by atoms with Crippen LogP contribution in [0.2, 0.25) is 0 Å². The molecule has 0 aliphatic heterocycles. The van der Waals surface area contributed by atoms with Crippen molar-refractivity contribution >= 4 is 17.5 Å². The maximum absolute atomic E-state index is 12.4. The van der Waals surface area contributed by atoms with Gasteiger partial charge in [0.15, 0.2) is 5.76 Å². The molecule has 2 aromatic rings. The molecule has 2 amide bonds. The monoisotopic (exact) mass is 326 g/mol. The van der Waals surface area contributed by atoms with Crippen LogP contribution in [0.4, 0.5) is 18.9 Å². The Hall–Kier alpha value is -2.77. The molecular formula is C15H13F3N2O3. The number of halogens is 3. The van der Waals surface area contributed by atoms with E-state index in [0.29, 0.717) is 0 Å². The van der Waals surface area contributed by atoms with E-state index in [-0.39, 0.29) is 11.4 Å². The second-order valence-corrected chi connectivity index (χ2v) is 4.74. The Morgan fingerprint density at radius 1 is 1.13 bits per heavy atom. The van der Waals surface area contributed by atoms with Crippen LogP contribution in [0, 0.1) is 0 Å². The van der Waals surface area contributed by atoms with Gasteiger partial charge in [-0.3, -0.25) is 9.59 Å². The normalized spacial score (nSPS) is 12.5. The van der Waals surface area contributed by atoms with Crippen molar-refractivity contribution in [3.63, 3.8) is 0 Å². The fourth-order valence-corrected chi connectivity index (χ4v) is 1.73. The Labute approximate surface area is 129 Å². The minimum atomic E-state index is -4.44. The first kappa shape index (κ1) is 16.6. The zero-order valence-corrected chi connectivity index (χ0v) is 12.0. The quantitative estimate of drug-likeness (QED) is 0.907. The molecule has 23 heavy (non-hydrogen) atoms. The first-order valence-corrected chi connectivity index (χ1v) is 6.60. The van der Waals surface area contributed by atoms with E-state index >= 15 is 0 Å². The van der Waals surface area contributed by atoms with E-state index in [1.54, 1.807) is 0 Å². The van der Waals surface area contributed by atoms with E-state index in [0.717, 1.165) is 24.3 Å². The summed E-state index contributed by atoms with van der Waals surface area (Å²) >= 11 is 0. The molecule has 1 heterocycles. The Kier molecular flexibility index (Phi) is 4.73. The molecule has 2 N–H and O–H groups in total. The van der Waals surface area contributed by atoms with Gasteiger partial charge in [-0.2, -0.15) is 13.2 Å². The summed E-state index contributed by atoms with van der Waals surface area (Å²) in [6.45, 7) is 1.44. The second kappa shape index (κ2) is 6.55. The summed E-state index contributed by atoms with van der Waals surface area (Å²) in [6.07, 6.45) is -3.12. The number of anilines is 1. The molecule has 1 unspecified atom stereocenters. The summed E-state index contributed by atoms with van der Waals surface area (Å²) in [6, 6.07) is 6.08. The van der Waals surface area contributed by atoms with Gasteiger partial charge in [-0.15, -0.1) is 0 Å². The highest BCUT2D eigenvalue weighted by Gasteiger charge is 2.30. The van der Waals surface area contributed by atoms with Gasteiger partial charge >= 0.3 is 6.18 Å². The van der Waals surface area contributed by atoms with Crippen molar-refractivity contribution in [3.05, 3.63) is 54.0 Å². The third-order valence-corrected chi connectivity index (χ3v) is 2.97. The molecule has 0 radical (unpaired) electrons. The second-order valence-electron chi connectivity index (χ2n) is 4.74. The molecule has 0 spiro atoms. The van der Waals surface area contributed by atoms with E-state index in [1.807, 2.05) is 0 Å². The van der Waals surface area contributed by atoms with Gasteiger partial charge in [-0.25, -0.2) is 0 Å². The van der Waals surface area contributed by atoms with E-state index in [4.69, 9.17) is 4.42 Å². The molecule has 5 nitrogen and oxygen atoms in total. The van der Waals surface area contributed by atoms with Crippen molar-refractivity contribution < 1.29 is 27.2 Å². The van der Waals surface area contributed by atoms with Gasteiger partial charge in [0.1, 0.15) is 6.04 Å². The smallest absolute Gasteiger partial charge is 0.416 e. The van der Waals surface area contributed by atoms with Gasteiger partial charge in [-0.05, 0) is 43.3 Å². The molecule has 0 aliphatic rings. The maximum atomic E-state index is 12.4. The number of carbonyl (C=O) groups is 2. The van der Waals surface area contributed by atoms with Crippen LogP contribution in [-0.2, 0) is 11.0 Å². The van der Waals surface area contributed by atoms with Crippen molar-refractivity contribution in [2.45, 2.75) is 19.1 Å². The highest BCUT2D eigenvalue weighted by atomic mass is 19.4. The van der Waals surface area contributed by atoms with Crippen LogP contribution in [0.25, 0.3) is 0 Å². The molecule has 0 saturated carbocycles. The lowest BCUT2D eigenvalue weighted by atomic mass is 10.2. The lowest BCUT2D eigenvalue weighted by molar-refractivity contribution is -0.137. The average molecular weight is 326 g/mol. The zero-order chi connectivity index (χ0) is 17.0. The van der Waals surface area contributed by atoms with Crippen LogP contribution in [0.1, 0.15) is 23.0 Å². The molecule has 2 rings (SSSR count). The predicted molar refractivity (Wildman–Crippen MR) is 75.7 cm³/mol. The van der Waals surface area contributed by atoms with Gasteiger partial charge in [0, 0.05) is 5.69 Å². The molecular weight excluding hydrogens is 313 g/mol. The molecule has 1 aromatic heterocycles. The molecule has 0 fully saturated rings. The number of nitrogens with one attached hydrogen (secondary N) is 2. The van der Waals surface area contributed by atoms with E-state index in [9.17, 15) is 22.8 Å². The lowest BCUT2D eigenvalue weighted by Gasteiger charge is -2.14. The molecule has 1 aromatic carbocycles. The molecule has 0 aliphatic carbocycles. The zero-order valence-electron chi connectivity index (χ0n) is 12.0. The first-order chi connectivity index (χ1) is 10.8. The Morgan fingerprint density at radius 3 is 2.30 bits per heavy atom. The number of benzene rings is 1. The van der Waals surface area contributed by atoms with Gasteiger partial charge in [0.25, 0.3) is 5.91 Å². The van der Waals surface area contributed by atoms with Crippen LogP contribution < -0.4 is 10.6 Å². The van der Waals surface area contributed by atoms with Crippen LogP contribution in [0.3, 0.4) is 0 Å². The minimum Gasteiger partial charge on any atom is -0.459 e. The molecule has 1 atom stereocenters. The molecule has 8 heteroatoms. The van der Waals surface area contributed by atoms with Crippen molar-refractivity contribution in [2.24, 2.45) is 0 Å². The van der Waals surface area contributed by atoms with Gasteiger partial charge in [-0.1, -0.05) is 0 Å². The summed E-state index contributed by atoms with van der Waals surface area (Å²) in [5.41, 5.74) is -0.614. The van der Waals surface area contributed by atoms with Crippen LogP contribution in [0.5, 0.6) is 0 Å². The van der Waals surface area contributed by atoms with Gasteiger partial charge < -0.3 is 15.1 Å². The Bertz CT molecular complexity index is 679. The topological polar surface area (TPSA) is 71.3 Å². The number of hydrogen-bond donors (Lipinski definition) is 2. The Balaban J connectivity index is 1.94. The van der Waals surface area contributed by atoms with Gasteiger partial charge in [0.05, 0.1) is 11.8 Å². The van der Waals surface area contributed by atoms with E-state index < -0.39 is 29.6 Å². The highest BCUT2D eigenvalue weighted by molar-refractivity contribution is 5.99. The van der Waals surface area contributed by atoms with Crippen molar-refractivity contribution in [1.82, 2.24) is 5.32 Å². The van der Waals surface area contributed by atoms with E-state index in [1.165, 1.54) is 25.3 Å². The largest absolute Gasteiger partial charge is 0.459 e. The summed E-state index contributed by atoms with van der Waals surface area (Å²) < 4.78 is 42.2. The van der Waals surface area contributed by atoms with Crippen LogP contribution >= 0.6 is 0 Å². The fourth-order valence-electron chi connectivity index (χ4n) is 1.73. The van der Waals surface area contributed by atoms with Gasteiger partial charge in [0.2, 0.25) is 5.91 Å². The lowest BCUT2D eigenvalue weighted by Crippen LogP contribution is -2.41. The number of carbonyl (C=O) groups excluding carboxylic acids is 2. The predicted octanol–water partition coefficient (Wildman–Crippen LogP) is 3.06. The number of furan rings is 1. The average Bonchev–Trinajstić information content (AvgIpc) is 3.01. The molecule has 122 valence electrons. The summed E-state index contributed by atoms with van der Waals surface area (Å²) in [7, 11) is 0. The van der Waals surface area contributed by atoms with Crippen molar-refractivity contribution in [2.75, 3.05) is 5.32 Å². The minimum absolute atomic E-state index is 0.0548. The fraction of sp³-hybridized carbons (Fsp3) is 0.200. The number of hydrogen-bond acceptors (Lipinski definition) is 3. The summed E-state index contributed by atoms with van der Waals surface area (Å²) in [5, 5.41) is 4.83. The molecule has 0 bridgehead atoms. The van der Waals surface area contributed by atoms with Crippen LogP contribution in [-0.4, -0.2) is 17.9 Å². The standard InChI is InChI=1S/C15H13F3N2O3/c1-9(19-14(22)12-3-2-8-23-12)13(21)20-11-6-4-10(5-7-11)15(16,17)18/h2-9H,1H3,(H,19,22)(H,20,21). The number of amides is 2. The Morgan fingerprint density at radius 2 is 1.78 bits per heavy atom. The first-order valence-electron chi connectivity index (χ1n) is 6.60. The van der Waals surface area contributed by atoms with E-state index in [2.05, 4.69) is 10.6 Å².